The summed E-state index contributed by atoms with van der Waals surface area (Å²) >= 11 is 5.58. The second-order valence-electron chi connectivity index (χ2n) is 2.94. The quantitative estimate of drug-likeness (QED) is 0.782. The van der Waals surface area contributed by atoms with Gasteiger partial charge >= 0.3 is 0 Å². The Morgan fingerprint density at radius 3 is 2.87 bits per heavy atom. The van der Waals surface area contributed by atoms with E-state index in [-0.39, 0.29) is 5.75 Å². The van der Waals surface area contributed by atoms with Gasteiger partial charge in [0.05, 0.1) is 25.0 Å². The summed E-state index contributed by atoms with van der Waals surface area (Å²) in [6.07, 6.45) is 0. The van der Waals surface area contributed by atoms with Crippen molar-refractivity contribution in [2.75, 3.05) is 24.7 Å². The first-order valence-electron chi connectivity index (χ1n) is 4.24. The molecule has 0 atom stereocenters. The molecule has 0 radical (unpaired) electrons. The molecule has 3 N–H and O–H groups in total. The molecule has 1 aromatic carbocycles. The molecule has 0 heterocycles. The Labute approximate surface area is 92.7 Å². The van der Waals surface area contributed by atoms with Crippen LogP contribution in [-0.4, -0.2) is 13.7 Å². The van der Waals surface area contributed by atoms with Crippen molar-refractivity contribution < 1.29 is 9.13 Å². The summed E-state index contributed by atoms with van der Waals surface area (Å²) in [6.45, 7) is 3.88. The molecule has 3 nitrogen and oxygen atoms in total. The third-order valence-electron chi connectivity index (χ3n) is 1.79. The summed E-state index contributed by atoms with van der Waals surface area (Å²) < 4.78 is 18.0. The van der Waals surface area contributed by atoms with E-state index >= 15 is 0 Å². The molecule has 0 bridgehead atoms. The number of hydrogen-bond acceptors (Lipinski definition) is 3. The molecule has 0 aliphatic carbocycles. The van der Waals surface area contributed by atoms with Crippen molar-refractivity contribution in [3.8, 4) is 5.75 Å². The van der Waals surface area contributed by atoms with Gasteiger partial charge in [0.2, 0.25) is 0 Å². The number of benzene rings is 1. The Hall–Kier alpha value is -1.42. The van der Waals surface area contributed by atoms with Gasteiger partial charge < -0.3 is 15.8 Å². The smallest absolute Gasteiger partial charge is 0.167 e. The van der Waals surface area contributed by atoms with Gasteiger partial charge in [-0.3, -0.25) is 0 Å². The van der Waals surface area contributed by atoms with Crippen molar-refractivity contribution >= 4 is 23.0 Å². The van der Waals surface area contributed by atoms with Gasteiger partial charge in [-0.1, -0.05) is 18.2 Å². The fraction of sp³-hybridized carbons (Fsp3) is 0.200. The van der Waals surface area contributed by atoms with Gasteiger partial charge in [0.15, 0.2) is 11.6 Å². The zero-order chi connectivity index (χ0) is 11.4. The number of halogens is 2. The van der Waals surface area contributed by atoms with Crippen LogP contribution < -0.4 is 15.8 Å². The average Bonchev–Trinajstić information content (AvgIpc) is 2.16. The molecule has 0 unspecified atom stereocenters. The molecule has 82 valence electrons. The van der Waals surface area contributed by atoms with Crippen molar-refractivity contribution in [2.24, 2.45) is 0 Å². The number of anilines is 2. The highest BCUT2D eigenvalue weighted by Gasteiger charge is 2.07. The topological polar surface area (TPSA) is 47.3 Å². The number of nitrogens with two attached hydrogens (primary N) is 1. The van der Waals surface area contributed by atoms with Gasteiger partial charge in [-0.2, -0.15) is 0 Å². The van der Waals surface area contributed by atoms with E-state index in [4.69, 9.17) is 22.1 Å². The Kier molecular flexibility index (Phi) is 3.80. The molecule has 0 amide bonds. The number of nitrogens with one attached hydrogen (secondary N) is 1. The SMILES string of the molecule is C=C(Cl)CNc1cc(OC)c(F)cc1N. The zero-order valence-electron chi connectivity index (χ0n) is 8.31. The first kappa shape index (κ1) is 11.7. The lowest BCUT2D eigenvalue weighted by atomic mass is 10.2. The molecule has 0 aromatic heterocycles. The van der Waals surface area contributed by atoms with E-state index in [0.29, 0.717) is 23.0 Å². The maximum absolute atomic E-state index is 13.2. The molecular weight excluding hydrogens is 219 g/mol. The van der Waals surface area contributed by atoms with Crippen LogP contribution in [0.2, 0.25) is 0 Å². The lowest BCUT2D eigenvalue weighted by molar-refractivity contribution is 0.387. The van der Waals surface area contributed by atoms with Gasteiger partial charge in [0.1, 0.15) is 0 Å². The number of nitrogen functional groups attached to an aromatic ring is 1. The number of rotatable bonds is 4. The van der Waals surface area contributed by atoms with Gasteiger partial charge in [-0.25, -0.2) is 4.39 Å². The molecule has 15 heavy (non-hydrogen) atoms. The van der Waals surface area contributed by atoms with Crippen LogP contribution in [0.5, 0.6) is 5.75 Å². The van der Waals surface area contributed by atoms with E-state index in [1.54, 1.807) is 0 Å². The minimum atomic E-state index is -0.495. The van der Waals surface area contributed by atoms with Crippen molar-refractivity contribution in [1.82, 2.24) is 0 Å². The van der Waals surface area contributed by atoms with Gasteiger partial charge in [0.25, 0.3) is 0 Å². The van der Waals surface area contributed by atoms with Crippen LogP contribution in [0, 0.1) is 5.82 Å². The molecule has 0 aliphatic rings. The number of ether oxygens (including phenoxy) is 1. The summed E-state index contributed by atoms with van der Waals surface area (Å²) in [6, 6.07) is 2.67. The molecular formula is C10H12ClFN2O. The Morgan fingerprint density at radius 1 is 1.67 bits per heavy atom. The molecule has 1 rings (SSSR count). The molecule has 0 fully saturated rings. The number of methoxy groups -OCH3 is 1. The van der Waals surface area contributed by atoms with Crippen molar-refractivity contribution in [3.63, 3.8) is 0 Å². The molecule has 0 saturated heterocycles. The standard InChI is InChI=1S/C10H12ClFN2O/c1-6(11)5-14-9-4-10(15-2)7(12)3-8(9)13/h3-4,14H,1,5,13H2,2H3. The fourth-order valence-electron chi connectivity index (χ4n) is 1.07. The van der Waals surface area contributed by atoms with E-state index in [2.05, 4.69) is 11.9 Å². The van der Waals surface area contributed by atoms with Crippen LogP contribution >= 0.6 is 11.6 Å². The highest BCUT2D eigenvalue weighted by Crippen LogP contribution is 2.28. The number of hydrogen-bond donors (Lipinski definition) is 2. The Bertz CT molecular complexity index is 382. The van der Waals surface area contributed by atoms with Crippen LogP contribution in [0.15, 0.2) is 23.7 Å². The molecule has 1 aromatic rings. The van der Waals surface area contributed by atoms with Gasteiger partial charge in [-0.15, -0.1) is 0 Å². The maximum atomic E-state index is 13.2. The van der Waals surface area contributed by atoms with E-state index in [0.717, 1.165) is 0 Å². The third-order valence-corrected chi connectivity index (χ3v) is 1.93. The second-order valence-corrected chi connectivity index (χ2v) is 3.48. The van der Waals surface area contributed by atoms with Crippen LogP contribution in [0.4, 0.5) is 15.8 Å². The zero-order valence-corrected chi connectivity index (χ0v) is 9.07. The monoisotopic (exact) mass is 230 g/mol. The summed E-state index contributed by atoms with van der Waals surface area (Å²) in [5.74, 6) is -0.364. The van der Waals surface area contributed by atoms with Crippen LogP contribution in [0.25, 0.3) is 0 Å². The van der Waals surface area contributed by atoms with Gasteiger partial charge in [0, 0.05) is 17.2 Å². The summed E-state index contributed by atoms with van der Waals surface area (Å²) in [7, 11) is 1.39. The molecule has 5 heteroatoms. The van der Waals surface area contributed by atoms with E-state index in [9.17, 15) is 4.39 Å². The Balaban J connectivity index is 2.92. The summed E-state index contributed by atoms with van der Waals surface area (Å²) in [5, 5.41) is 3.35. The molecule has 0 saturated carbocycles. The predicted octanol–water partition coefficient (Wildman–Crippen LogP) is 2.58. The Morgan fingerprint density at radius 2 is 2.33 bits per heavy atom. The summed E-state index contributed by atoms with van der Waals surface area (Å²) in [5.41, 5.74) is 6.46. The minimum absolute atomic E-state index is 0.131. The molecule has 0 spiro atoms. The van der Waals surface area contributed by atoms with E-state index in [1.165, 1.54) is 19.2 Å². The average molecular weight is 231 g/mol. The van der Waals surface area contributed by atoms with Crippen molar-refractivity contribution in [1.29, 1.82) is 0 Å². The second kappa shape index (κ2) is 4.89. The van der Waals surface area contributed by atoms with Crippen molar-refractivity contribution in [2.45, 2.75) is 0 Å². The highest BCUT2D eigenvalue weighted by atomic mass is 35.5. The summed E-state index contributed by atoms with van der Waals surface area (Å²) in [4.78, 5) is 0. The fourth-order valence-corrected chi connectivity index (χ4v) is 1.14. The van der Waals surface area contributed by atoms with Gasteiger partial charge in [-0.05, 0) is 0 Å². The van der Waals surface area contributed by atoms with E-state index in [1.807, 2.05) is 0 Å². The normalized spacial score (nSPS) is 9.80. The predicted molar refractivity (Wildman–Crippen MR) is 60.8 cm³/mol. The first-order chi connectivity index (χ1) is 7.04. The van der Waals surface area contributed by atoms with Crippen LogP contribution in [0.3, 0.4) is 0 Å². The third kappa shape index (κ3) is 3.02. The van der Waals surface area contributed by atoms with Crippen molar-refractivity contribution in [3.05, 3.63) is 29.6 Å². The van der Waals surface area contributed by atoms with Crippen LogP contribution in [-0.2, 0) is 0 Å². The molecule has 0 aliphatic heterocycles. The lowest BCUT2D eigenvalue weighted by Crippen LogP contribution is -2.05. The largest absolute Gasteiger partial charge is 0.494 e. The lowest BCUT2D eigenvalue weighted by Gasteiger charge is -2.11. The van der Waals surface area contributed by atoms with E-state index < -0.39 is 5.82 Å². The van der Waals surface area contributed by atoms with Crippen LogP contribution in [0.1, 0.15) is 0 Å². The maximum Gasteiger partial charge on any atom is 0.167 e. The highest BCUT2D eigenvalue weighted by molar-refractivity contribution is 6.29. The minimum Gasteiger partial charge on any atom is -0.494 e. The first-order valence-corrected chi connectivity index (χ1v) is 4.62.